The number of thioether (sulfide) groups is 1. The number of nitrogen functional groups attached to an aromatic ring is 1. The summed E-state index contributed by atoms with van der Waals surface area (Å²) in [6, 6.07) is 7.62. The van der Waals surface area contributed by atoms with E-state index in [1.165, 1.54) is 11.8 Å². The molecule has 0 saturated heterocycles. The molecule has 0 radical (unpaired) electrons. The third-order valence-electron chi connectivity index (χ3n) is 3.22. The van der Waals surface area contributed by atoms with E-state index in [1.807, 2.05) is 24.3 Å². The van der Waals surface area contributed by atoms with Crippen molar-refractivity contribution in [1.82, 2.24) is 4.72 Å². The van der Waals surface area contributed by atoms with Crippen LogP contribution in [0.5, 0.6) is 0 Å². The number of nitrogens with two attached hydrogens (primary N) is 1. The molecule has 106 valence electrons. The fraction of sp³-hybridized carbons (Fsp3) is 0.538. The van der Waals surface area contributed by atoms with Crippen LogP contribution in [0.15, 0.2) is 29.2 Å². The average molecular weight is 300 g/mol. The van der Waals surface area contributed by atoms with Crippen LogP contribution in [0.1, 0.15) is 19.8 Å². The molecule has 19 heavy (non-hydrogen) atoms. The van der Waals surface area contributed by atoms with Gasteiger partial charge in [0.05, 0.1) is 5.75 Å². The zero-order chi connectivity index (χ0) is 13.9. The summed E-state index contributed by atoms with van der Waals surface area (Å²) in [6.45, 7) is 2.14. The summed E-state index contributed by atoms with van der Waals surface area (Å²) >= 11 is 1.53. The highest BCUT2D eigenvalue weighted by molar-refractivity contribution is 8.00. The summed E-state index contributed by atoms with van der Waals surface area (Å²) in [7, 11) is -3.14. The van der Waals surface area contributed by atoms with Gasteiger partial charge in [-0.25, -0.2) is 13.1 Å². The molecule has 0 amide bonds. The van der Waals surface area contributed by atoms with Crippen LogP contribution in [0.2, 0.25) is 0 Å². The summed E-state index contributed by atoms with van der Waals surface area (Å²) < 4.78 is 26.4. The largest absolute Gasteiger partial charge is 0.399 e. The standard InChI is InChI=1S/C13H20N2O2S2/c1-10-8-12(9-10)15-19(16,17)7-6-18-13-4-2-11(14)3-5-13/h2-5,10,12,15H,6-9,14H2,1H3. The van der Waals surface area contributed by atoms with Crippen molar-refractivity contribution >= 4 is 27.5 Å². The highest BCUT2D eigenvalue weighted by Crippen LogP contribution is 2.27. The van der Waals surface area contributed by atoms with Crippen molar-refractivity contribution in [2.24, 2.45) is 5.92 Å². The second kappa shape index (κ2) is 6.15. The maximum atomic E-state index is 11.8. The smallest absolute Gasteiger partial charge is 0.212 e. The fourth-order valence-corrected chi connectivity index (χ4v) is 4.74. The van der Waals surface area contributed by atoms with E-state index in [-0.39, 0.29) is 11.8 Å². The van der Waals surface area contributed by atoms with Gasteiger partial charge in [0.2, 0.25) is 10.0 Å². The maximum Gasteiger partial charge on any atom is 0.212 e. The molecular formula is C13H20N2O2S2. The lowest BCUT2D eigenvalue weighted by molar-refractivity contribution is 0.270. The third kappa shape index (κ3) is 4.71. The summed E-state index contributed by atoms with van der Waals surface area (Å²) in [5.74, 6) is 1.37. The van der Waals surface area contributed by atoms with Crippen molar-refractivity contribution < 1.29 is 8.42 Å². The van der Waals surface area contributed by atoms with Gasteiger partial charge in [-0.3, -0.25) is 0 Å². The van der Waals surface area contributed by atoms with Crippen LogP contribution >= 0.6 is 11.8 Å². The molecule has 0 heterocycles. The number of anilines is 1. The Morgan fingerprint density at radius 3 is 2.53 bits per heavy atom. The molecule has 3 N–H and O–H groups in total. The molecule has 0 spiro atoms. The number of rotatable bonds is 6. The average Bonchev–Trinajstić information content (AvgIpc) is 2.29. The number of nitrogens with one attached hydrogen (secondary N) is 1. The van der Waals surface area contributed by atoms with Gasteiger partial charge in [-0.05, 0) is 43.0 Å². The number of hydrogen-bond donors (Lipinski definition) is 2. The van der Waals surface area contributed by atoms with Gasteiger partial charge < -0.3 is 5.73 Å². The van der Waals surface area contributed by atoms with E-state index in [0.29, 0.717) is 11.7 Å². The summed E-state index contributed by atoms with van der Waals surface area (Å²) in [5, 5.41) is 0. The molecule has 0 unspecified atom stereocenters. The van der Waals surface area contributed by atoms with E-state index in [0.717, 1.165) is 23.4 Å². The zero-order valence-corrected chi connectivity index (χ0v) is 12.6. The van der Waals surface area contributed by atoms with Crippen molar-refractivity contribution in [3.05, 3.63) is 24.3 Å². The van der Waals surface area contributed by atoms with Gasteiger partial charge >= 0.3 is 0 Å². The van der Waals surface area contributed by atoms with Crippen LogP contribution in [-0.4, -0.2) is 26.0 Å². The molecule has 1 aromatic rings. The summed E-state index contributed by atoms with van der Waals surface area (Å²) in [5.41, 5.74) is 6.32. The van der Waals surface area contributed by atoms with Crippen molar-refractivity contribution in [2.75, 3.05) is 17.2 Å². The Morgan fingerprint density at radius 2 is 1.95 bits per heavy atom. The van der Waals surface area contributed by atoms with Gasteiger partial charge in [0.1, 0.15) is 0 Å². The predicted octanol–water partition coefficient (Wildman–Crippen LogP) is 2.08. The molecule has 0 atom stereocenters. The Bertz CT molecular complexity index is 508. The van der Waals surface area contributed by atoms with Gasteiger partial charge in [0, 0.05) is 22.4 Å². The summed E-state index contributed by atoms with van der Waals surface area (Å²) in [4.78, 5) is 1.04. The van der Waals surface area contributed by atoms with Gasteiger partial charge in [0.25, 0.3) is 0 Å². The Morgan fingerprint density at radius 1 is 1.32 bits per heavy atom. The molecule has 0 bridgehead atoms. The van der Waals surface area contributed by atoms with Gasteiger partial charge in [-0.1, -0.05) is 6.92 Å². The minimum Gasteiger partial charge on any atom is -0.399 e. The SMILES string of the molecule is CC1CC(NS(=O)(=O)CCSc2ccc(N)cc2)C1. The molecule has 1 fully saturated rings. The lowest BCUT2D eigenvalue weighted by atomic mass is 9.83. The van der Waals surface area contributed by atoms with Crippen LogP contribution in [0.3, 0.4) is 0 Å². The summed E-state index contributed by atoms with van der Waals surface area (Å²) in [6.07, 6.45) is 1.93. The van der Waals surface area contributed by atoms with Crippen LogP contribution in [-0.2, 0) is 10.0 Å². The number of benzene rings is 1. The number of hydrogen-bond acceptors (Lipinski definition) is 4. The van der Waals surface area contributed by atoms with Gasteiger partial charge in [-0.15, -0.1) is 11.8 Å². The van der Waals surface area contributed by atoms with Gasteiger partial charge in [0.15, 0.2) is 0 Å². The molecule has 1 saturated carbocycles. The highest BCUT2D eigenvalue weighted by atomic mass is 32.2. The third-order valence-corrected chi connectivity index (χ3v) is 5.93. The van der Waals surface area contributed by atoms with Crippen LogP contribution in [0.25, 0.3) is 0 Å². The second-order valence-corrected chi connectivity index (χ2v) is 8.17. The van der Waals surface area contributed by atoms with Crippen LogP contribution in [0, 0.1) is 5.92 Å². The van der Waals surface area contributed by atoms with E-state index in [4.69, 9.17) is 5.73 Å². The highest BCUT2D eigenvalue weighted by Gasteiger charge is 2.28. The van der Waals surface area contributed by atoms with Crippen molar-refractivity contribution in [3.8, 4) is 0 Å². The van der Waals surface area contributed by atoms with Crippen molar-refractivity contribution in [1.29, 1.82) is 0 Å². The predicted molar refractivity (Wildman–Crippen MR) is 80.7 cm³/mol. The Labute approximate surface area is 119 Å². The quantitative estimate of drug-likeness (QED) is 0.623. The van der Waals surface area contributed by atoms with Crippen LogP contribution < -0.4 is 10.5 Å². The Balaban J connectivity index is 1.73. The molecule has 1 aliphatic rings. The molecule has 4 nitrogen and oxygen atoms in total. The van der Waals surface area contributed by atoms with E-state index >= 15 is 0 Å². The zero-order valence-electron chi connectivity index (χ0n) is 11.0. The first-order chi connectivity index (χ1) is 8.94. The monoisotopic (exact) mass is 300 g/mol. The van der Waals surface area contributed by atoms with E-state index in [2.05, 4.69) is 11.6 Å². The number of sulfonamides is 1. The van der Waals surface area contributed by atoms with Crippen LogP contribution in [0.4, 0.5) is 5.69 Å². The molecular weight excluding hydrogens is 280 g/mol. The minimum absolute atomic E-state index is 0.154. The first kappa shape index (κ1) is 14.7. The van der Waals surface area contributed by atoms with E-state index in [9.17, 15) is 8.42 Å². The van der Waals surface area contributed by atoms with Crippen molar-refractivity contribution in [3.63, 3.8) is 0 Å². The van der Waals surface area contributed by atoms with E-state index in [1.54, 1.807) is 0 Å². The normalized spacial score (nSPS) is 23.0. The first-order valence-electron chi connectivity index (χ1n) is 6.43. The molecule has 6 heteroatoms. The Kier molecular flexibility index (Phi) is 4.76. The van der Waals surface area contributed by atoms with Gasteiger partial charge in [-0.2, -0.15) is 0 Å². The second-order valence-electron chi connectivity index (χ2n) is 5.13. The Hall–Kier alpha value is -0.720. The topological polar surface area (TPSA) is 72.2 Å². The molecule has 1 aliphatic carbocycles. The lowest BCUT2D eigenvalue weighted by Gasteiger charge is -2.32. The molecule has 0 aliphatic heterocycles. The first-order valence-corrected chi connectivity index (χ1v) is 9.07. The fourth-order valence-electron chi connectivity index (χ4n) is 2.14. The molecule has 2 rings (SSSR count). The van der Waals surface area contributed by atoms with E-state index < -0.39 is 10.0 Å². The lowest BCUT2D eigenvalue weighted by Crippen LogP contribution is -2.44. The minimum atomic E-state index is -3.14. The molecule has 0 aromatic heterocycles. The maximum absolute atomic E-state index is 11.8. The van der Waals surface area contributed by atoms with Crippen molar-refractivity contribution in [2.45, 2.75) is 30.7 Å². The molecule has 1 aromatic carbocycles.